The van der Waals surface area contributed by atoms with Gasteiger partial charge in [-0.25, -0.2) is 8.78 Å². The van der Waals surface area contributed by atoms with Gasteiger partial charge in [0.15, 0.2) is 0 Å². The van der Waals surface area contributed by atoms with E-state index in [9.17, 15) is 13.9 Å². The zero-order valence-corrected chi connectivity index (χ0v) is 9.91. The third-order valence-electron chi connectivity index (χ3n) is 3.15. The van der Waals surface area contributed by atoms with Gasteiger partial charge in [0.2, 0.25) is 0 Å². The molecule has 4 heteroatoms. The second kappa shape index (κ2) is 4.35. The smallest absolute Gasteiger partial charge is 0.132 e. The topological polar surface area (TPSA) is 29.5 Å². The molecular formula is C13H16F2O2. The highest BCUT2D eigenvalue weighted by atomic mass is 19.1. The predicted octanol–water partition coefficient (Wildman–Crippen LogP) is 2.74. The van der Waals surface area contributed by atoms with Crippen LogP contribution in [0.5, 0.6) is 0 Å². The summed E-state index contributed by atoms with van der Waals surface area (Å²) in [5.41, 5.74) is -1.12. The number of hydrogen-bond acceptors (Lipinski definition) is 2. The van der Waals surface area contributed by atoms with Gasteiger partial charge in [-0.05, 0) is 19.9 Å². The predicted molar refractivity (Wildman–Crippen MR) is 59.5 cm³/mol. The molecule has 1 aromatic carbocycles. The molecule has 2 atom stereocenters. The summed E-state index contributed by atoms with van der Waals surface area (Å²) in [5, 5.41) is 10.5. The molecule has 17 heavy (non-hydrogen) atoms. The van der Waals surface area contributed by atoms with Crippen LogP contribution in [0.15, 0.2) is 18.2 Å². The van der Waals surface area contributed by atoms with Gasteiger partial charge in [-0.1, -0.05) is 6.07 Å². The molecule has 1 N–H and O–H groups in total. The Morgan fingerprint density at radius 2 is 1.82 bits per heavy atom. The van der Waals surface area contributed by atoms with E-state index in [2.05, 4.69) is 0 Å². The molecule has 2 rings (SSSR count). The van der Waals surface area contributed by atoms with Gasteiger partial charge in [-0.2, -0.15) is 0 Å². The average Bonchev–Trinajstić information content (AvgIpc) is 2.13. The molecule has 0 aromatic heterocycles. The van der Waals surface area contributed by atoms with Gasteiger partial charge < -0.3 is 9.84 Å². The molecule has 1 saturated heterocycles. The van der Waals surface area contributed by atoms with Crippen LogP contribution in [0.2, 0.25) is 0 Å². The minimum Gasteiger partial charge on any atom is -0.385 e. The van der Waals surface area contributed by atoms with Crippen LogP contribution in [-0.2, 0) is 10.3 Å². The Kier molecular flexibility index (Phi) is 3.19. The van der Waals surface area contributed by atoms with Crippen molar-refractivity contribution in [2.45, 2.75) is 44.5 Å². The van der Waals surface area contributed by atoms with Crippen molar-refractivity contribution in [2.24, 2.45) is 0 Å². The molecule has 1 aliphatic rings. The molecule has 1 aliphatic heterocycles. The van der Waals surface area contributed by atoms with E-state index in [1.807, 2.05) is 13.8 Å². The van der Waals surface area contributed by atoms with Crippen LogP contribution in [0.25, 0.3) is 0 Å². The summed E-state index contributed by atoms with van der Waals surface area (Å²) in [5.74, 6) is -1.34. The van der Waals surface area contributed by atoms with Crippen LogP contribution in [0.4, 0.5) is 8.78 Å². The summed E-state index contributed by atoms with van der Waals surface area (Å²) < 4.78 is 32.1. The second-order valence-corrected chi connectivity index (χ2v) is 4.82. The van der Waals surface area contributed by atoms with E-state index >= 15 is 0 Å². The lowest BCUT2D eigenvalue weighted by molar-refractivity contribution is -0.137. The van der Waals surface area contributed by atoms with Gasteiger partial charge >= 0.3 is 0 Å². The fourth-order valence-corrected chi connectivity index (χ4v) is 2.61. The quantitative estimate of drug-likeness (QED) is 0.820. The number of benzene rings is 1. The van der Waals surface area contributed by atoms with Crippen LogP contribution in [-0.4, -0.2) is 17.3 Å². The van der Waals surface area contributed by atoms with E-state index in [1.165, 1.54) is 12.1 Å². The van der Waals surface area contributed by atoms with Crippen molar-refractivity contribution >= 4 is 0 Å². The van der Waals surface area contributed by atoms with Gasteiger partial charge in [0.1, 0.15) is 11.6 Å². The van der Waals surface area contributed by atoms with Crippen molar-refractivity contribution in [3.05, 3.63) is 35.4 Å². The molecule has 0 aliphatic carbocycles. The Balaban J connectivity index is 2.36. The number of ether oxygens (including phenoxy) is 1. The maximum absolute atomic E-state index is 13.7. The molecule has 2 nitrogen and oxygen atoms in total. The molecular weight excluding hydrogens is 226 g/mol. The van der Waals surface area contributed by atoms with Gasteiger partial charge in [-0.3, -0.25) is 0 Å². The first kappa shape index (κ1) is 12.5. The van der Waals surface area contributed by atoms with E-state index in [4.69, 9.17) is 4.74 Å². The van der Waals surface area contributed by atoms with Crippen molar-refractivity contribution in [3.63, 3.8) is 0 Å². The van der Waals surface area contributed by atoms with Gasteiger partial charge in [0.05, 0.1) is 17.8 Å². The Labute approximate surface area is 99.2 Å². The van der Waals surface area contributed by atoms with E-state index in [0.717, 1.165) is 6.07 Å². The Morgan fingerprint density at radius 1 is 1.24 bits per heavy atom. The Morgan fingerprint density at radius 3 is 2.35 bits per heavy atom. The molecule has 1 fully saturated rings. The zero-order valence-electron chi connectivity index (χ0n) is 9.91. The van der Waals surface area contributed by atoms with Crippen LogP contribution >= 0.6 is 0 Å². The fourth-order valence-electron chi connectivity index (χ4n) is 2.61. The minimum atomic E-state index is -1.27. The van der Waals surface area contributed by atoms with E-state index < -0.39 is 17.2 Å². The van der Waals surface area contributed by atoms with Crippen molar-refractivity contribution in [3.8, 4) is 0 Å². The molecule has 0 saturated carbocycles. The minimum absolute atomic E-state index is 0.145. The monoisotopic (exact) mass is 242 g/mol. The Hall–Kier alpha value is -1.00. The second-order valence-electron chi connectivity index (χ2n) is 4.82. The van der Waals surface area contributed by atoms with E-state index in [0.29, 0.717) is 12.8 Å². The number of halogens is 2. The lowest BCUT2D eigenvalue weighted by Gasteiger charge is -2.39. The highest BCUT2D eigenvalue weighted by Gasteiger charge is 2.39. The molecule has 1 aromatic rings. The first-order valence-corrected chi connectivity index (χ1v) is 5.74. The van der Waals surface area contributed by atoms with Crippen molar-refractivity contribution in [2.75, 3.05) is 0 Å². The van der Waals surface area contributed by atoms with E-state index in [1.54, 1.807) is 0 Å². The van der Waals surface area contributed by atoms with E-state index in [-0.39, 0.29) is 17.8 Å². The number of aliphatic hydroxyl groups is 1. The molecule has 94 valence electrons. The third-order valence-corrected chi connectivity index (χ3v) is 3.15. The SMILES string of the molecule is CC1CC(O)(c2ccc(F)cc2F)CC(C)O1. The summed E-state index contributed by atoms with van der Waals surface area (Å²) in [6.45, 7) is 3.67. The lowest BCUT2D eigenvalue weighted by Crippen LogP contribution is -2.41. The van der Waals surface area contributed by atoms with Crippen molar-refractivity contribution < 1.29 is 18.6 Å². The normalized spacial score (nSPS) is 33.7. The third kappa shape index (κ3) is 2.48. The average molecular weight is 242 g/mol. The molecule has 0 spiro atoms. The van der Waals surface area contributed by atoms with Crippen molar-refractivity contribution in [1.29, 1.82) is 0 Å². The highest BCUT2D eigenvalue weighted by molar-refractivity contribution is 5.26. The number of hydrogen-bond donors (Lipinski definition) is 1. The zero-order chi connectivity index (χ0) is 12.6. The fraction of sp³-hybridized carbons (Fsp3) is 0.538. The molecule has 0 bridgehead atoms. The van der Waals surface area contributed by atoms with Crippen LogP contribution in [0, 0.1) is 11.6 Å². The van der Waals surface area contributed by atoms with Gasteiger partial charge in [-0.15, -0.1) is 0 Å². The summed E-state index contributed by atoms with van der Waals surface area (Å²) in [6, 6.07) is 3.29. The summed E-state index contributed by atoms with van der Waals surface area (Å²) in [7, 11) is 0. The van der Waals surface area contributed by atoms with Crippen LogP contribution in [0.3, 0.4) is 0 Å². The Bertz CT molecular complexity index is 410. The standard InChI is InChI=1S/C13H16F2O2/c1-8-6-13(16,7-9(2)17-8)11-4-3-10(14)5-12(11)15/h3-5,8-9,16H,6-7H2,1-2H3. The maximum atomic E-state index is 13.7. The maximum Gasteiger partial charge on any atom is 0.132 e. The summed E-state index contributed by atoms with van der Waals surface area (Å²) >= 11 is 0. The summed E-state index contributed by atoms with van der Waals surface area (Å²) in [4.78, 5) is 0. The van der Waals surface area contributed by atoms with Gasteiger partial charge in [0.25, 0.3) is 0 Å². The van der Waals surface area contributed by atoms with Gasteiger partial charge in [0, 0.05) is 24.5 Å². The molecule has 0 radical (unpaired) electrons. The largest absolute Gasteiger partial charge is 0.385 e. The first-order valence-electron chi connectivity index (χ1n) is 5.74. The first-order chi connectivity index (χ1) is 7.90. The van der Waals surface area contributed by atoms with Crippen LogP contribution in [0.1, 0.15) is 32.3 Å². The molecule has 2 unspecified atom stereocenters. The highest BCUT2D eigenvalue weighted by Crippen LogP contribution is 2.38. The molecule has 1 heterocycles. The van der Waals surface area contributed by atoms with Crippen molar-refractivity contribution in [1.82, 2.24) is 0 Å². The number of rotatable bonds is 1. The summed E-state index contributed by atoms with van der Waals surface area (Å²) in [6.07, 6.45) is 0.348. The molecule has 0 amide bonds. The lowest BCUT2D eigenvalue weighted by atomic mass is 9.81. The van der Waals surface area contributed by atoms with Crippen LogP contribution < -0.4 is 0 Å².